The fourth-order valence-electron chi connectivity index (χ4n) is 0.634. The van der Waals surface area contributed by atoms with Crippen LogP contribution < -0.4 is 0 Å². The lowest BCUT2D eigenvalue weighted by molar-refractivity contribution is 1.46. The number of nitrogens with zero attached hydrogens (tertiary/aromatic N) is 1. The van der Waals surface area contributed by atoms with Crippen molar-refractivity contribution in [3.05, 3.63) is 41.3 Å². The number of hydrogen-bond acceptors (Lipinski definition) is 1. The molecule has 0 atom stereocenters. The van der Waals surface area contributed by atoms with E-state index in [-0.39, 0.29) is 0 Å². The molecule has 0 aliphatic carbocycles. The van der Waals surface area contributed by atoms with Crippen LogP contribution >= 0.6 is 11.6 Å². The van der Waals surface area contributed by atoms with Crippen molar-refractivity contribution in [2.45, 2.75) is 0 Å². The highest BCUT2D eigenvalue weighted by Gasteiger charge is 1.99. The maximum Gasteiger partial charge on any atom is 0.161 e. The van der Waals surface area contributed by atoms with Crippen LogP contribution in [-0.2, 0) is 0 Å². The highest BCUT2D eigenvalue weighted by Crippen LogP contribution is 2.09. The van der Waals surface area contributed by atoms with E-state index in [1.807, 2.05) is 6.07 Å². The number of rotatable bonds is 1. The van der Waals surface area contributed by atoms with E-state index in [2.05, 4.69) is 0 Å². The summed E-state index contributed by atoms with van der Waals surface area (Å²) in [5.41, 5.74) is 0.881. The normalized spacial score (nSPS) is 8.40. The van der Waals surface area contributed by atoms with Crippen molar-refractivity contribution in [1.82, 2.24) is 0 Å². The van der Waals surface area contributed by atoms with Crippen LogP contribution in [0, 0.1) is 17.8 Å². The van der Waals surface area contributed by atoms with Gasteiger partial charge >= 0.3 is 0 Å². The molecule has 0 saturated carbocycles. The second kappa shape index (κ2) is 3.14. The van der Waals surface area contributed by atoms with Gasteiger partial charge in [-0.2, -0.15) is 5.26 Å². The Morgan fingerprint density at radius 2 is 1.90 bits per heavy atom. The van der Waals surface area contributed by atoms with Crippen LogP contribution in [0.5, 0.6) is 0 Å². The molecular weight excluding hydrogens is 146 g/mol. The molecule has 0 unspecified atom stereocenters. The molecule has 48 valence electrons. The fraction of sp³-hybridized carbons (Fsp3) is 0. The van der Waals surface area contributed by atoms with Gasteiger partial charge in [-0.05, 0) is 0 Å². The van der Waals surface area contributed by atoms with E-state index in [0.717, 1.165) is 5.56 Å². The van der Waals surface area contributed by atoms with Gasteiger partial charge in [0.15, 0.2) is 6.07 Å². The number of halogens is 1. The summed E-state index contributed by atoms with van der Waals surface area (Å²) in [6.45, 7) is 0. The lowest BCUT2D eigenvalue weighted by atomic mass is 10.2. The first-order chi connectivity index (χ1) is 4.83. The molecule has 0 fully saturated rings. The molecule has 1 rings (SSSR count). The van der Waals surface area contributed by atoms with E-state index >= 15 is 0 Å². The lowest BCUT2D eigenvalue weighted by Gasteiger charge is -1.82. The van der Waals surface area contributed by atoms with Crippen molar-refractivity contribution in [2.75, 3.05) is 0 Å². The van der Waals surface area contributed by atoms with Crippen molar-refractivity contribution in [3.63, 3.8) is 0 Å². The van der Waals surface area contributed by atoms with Gasteiger partial charge in [-0.1, -0.05) is 11.6 Å². The standard InChI is InChI=1S/C8H5ClN/c9-8-3-1-7(2-4-8)5-6-10/h1-5H/q+1. The second-order valence-electron chi connectivity index (χ2n) is 1.82. The average molecular weight is 151 g/mol. The fourth-order valence-corrected chi connectivity index (χ4v) is 0.760. The van der Waals surface area contributed by atoms with Crippen LogP contribution in [0.4, 0.5) is 0 Å². The molecule has 10 heavy (non-hydrogen) atoms. The topological polar surface area (TPSA) is 23.8 Å². The SMILES string of the molecule is N#C[CH+]c1ccc(Cl)cc1. The maximum absolute atomic E-state index is 8.25. The van der Waals surface area contributed by atoms with Gasteiger partial charge in [0.2, 0.25) is 0 Å². The van der Waals surface area contributed by atoms with Crippen molar-refractivity contribution in [3.8, 4) is 6.07 Å². The van der Waals surface area contributed by atoms with Crippen LogP contribution in [0.2, 0.25) is 5.02 Å². The van der Waals surface area contributed by atoms with E-state index in [1.54, 1.807) is 24.3 Å². The minimum Gasteiger partial charge on any atom is -0.177 e. The molecule has 1 aromatic carbocycles. The summed E-state index contributed by atoms with van der Waals surface area (Å²) in [5, 5.41) is 8.94. The highest BCUT2D eigenvalue weighted by molar-refractivity contribution is 6.30. The first-order valence-corrected chi connectivity index (χ1v) is 3.19. The molecule has 0 spiro atoms. The average Bonchev–Trinajstić information content (AvgIpc) is 1.95. The summed E-state index contributed by atoms with van der Waals surface area (Å²) >= 11 is 5.62. The Hall–Kier alpha value is -1.13. The third-order valence-electron chi connectivity index (χ3n) is 1.10. The van der Waals surface area contributed by atoms with Crippen molar-refractivity contribution in [2.24, 2.45) is 0 Å². The van der Waals surface area contributed by atoms with Crippen LogP contribution in [0.25, 0.3) is 0 Å². The summed E-state index contributed by atoms with van der Waals surface area (Å²) < 4.78 is 0. The Morgan fingerprint density at radius 3 is 2.40 bits per heavy atom. The van der Waals surface area contributed by atoms with Gasteiger partial charge in [0.05, 0.1) is 5.02 Å². The summed E-state index contributed by atoms with van der Waals surface area (Å²) in [5.74, 6) is 0. The second-order valence-corrected chi connectivity index (χ2v) is 2.26. The molecule has 0 bridgehead atoms. The molecule has 0 aromatic heterocycles. The van der Waals surface area contributed by atoms with Gasteiger partial charge in [0.1, 0.15) is 12.0 Å². The molecule has 1 aromatic rings. The zero-order valence-corrected chi connectivity index (χ0v) is 5.97. The summed E-state index contributed by atoms with van der Waals surface area (Å²) in [6.07, 6.45) is 1.47. The maximum atomic E-state index is 8.25. The van der Waals surface area contributed by atoms with Crippen LogP contribution in [0.1, 0.15) is 5.56 Å². The van der Waals surface area contributed by atoms with E-state index in [1.165, 1.54) is 6.42 Å². The Morgan fingerprint density at radius 1 is 1.30 bits per heavy atom. The Balaban J connectivity index is 2.81. The van der Waals surface area contributed by atoms with Crippen molar-refractivity contribution in [1.29, 1.82) is 5.26 Å². The van der Waals surface area contributed by atoms with Crippen LogP contribution in [0.3, 0.4) is 0 Å². The number of hydrogen-bond donors (Lipinski definition) is 0. The first kappa shape index (κ1) is 6.98. The van der Waals surface area contributed by atoms with Gasteiger partial charge < -0.3 is 0 Å². The molecule has 0 saturated heterocycles. The Kier molecular flexibility index (Phi) is 2.20. The largest absolute Gasteiger partial charge is 0.177 e. The molecular formula is C8H5ClN+. The van der Waals surface area contributed by atoms with Crippen LogP contribution in [0.15, 0.2) is 24.3 Å². The van der Waals surface area contributed by atoms with E-state index in [4.69, 9.17) is 16.9 Å². The molecule has 0 aliphatic rings. The van der Waals surface area contributed by atoms with Crippen molar-refractivity contribution >= 4 is 11.6 Å². The van der Waals surface area contributed by atoms with E-state index < -0.39 is 0 Å². The van der Waals surface area contributed by atoms with Crippen molar-refractivity contribution < 1.29 is 0 Å². The van der Waals surface area contributed by atoms with E-state index in [9.17, 15) is 0 Å². The minimum absolute atomic E-state index is 0.690. The smallest absolute Gasteiger partial charge is 0.161 e. The third kappa shape index (κ3) is 1.68. The van der Waals surface area contributed by atoms with Crippen LogP contribution in [-0.4, -0.2) is 0 Å². The Labute approximate surface area is 64.9 Å². The predicted octanol–water partition coefficient (Wildman–Crippen LogP) is 2.42. The number of nitriles is 1. The van der Waals surface area contributed by atoms with Gasteiger partial charge in [0, 0.05) is 24.3 Å². The predicted molar refractivity (Wildman–Crippen MR) is 40.5 cm³/mol. The Bertz CT molecular complexity index is 245. The molecule has 0 aliphatic heterocycles. The van der Waals surface area contributed by atoms with Gasteiger partial charge in [-0.15, -0.1) is 0 Å². The third-order valence-corrected chi connectivity index (χ3v) is 1.35. The monoisotopic (exact) mass is 150 g/mol. The lowest BCUT2D eigenvalue weighted by Crippen LogP contribution is -1.75. The van der Waals surface area contributed by atoms with Gasteiger partial charge in [-0.3, -0.25) is 0 Å². The minimum atomic E-state index is 0.690. The van der Waals surface area contributed by atoms with E-state index in [0.29, 0.717) is 5.02 Å². The molecule has 2 heteroatoms. The molecule has 1 nitrogen and oxygen atoms in total. The van der Waals surface area contributed by atoms with Gasteiger partial charge in [-0.25, -0.2) is 0 Å². The molecule has 0 N–H and O–H groups in total. The molecule has 0 amide bonds. The number of benzene rings is 1. The molecule has 0 heterocycles. The first-order valence-electron chi connectivity index (χ1n) is 2.81. The zero-order chi connectivity index (χ0) is 7.40. The summed E-state index contributed by atoms with van der Waals surface area (Å²) in [7, 11) is 0. The quantitative estimate of drug-likeness (QED) is 0.564. The zero-order valence-electron chi connectivity index (χ0n) is 5.21. The highest BCUT2D eigenvalue weighted by atomic mass is 35.5. The molecule has 0 radical (unpaired) electrons. The summed E-state index contributed by atoms with van der Waals surface area (Å²) in [4.78, 5) is 0. The summed E-state index contributed by atoms with van der Waals surface area (Å²) in [6, 6.07) is 9.04. The van der Waals surface area contributed by atoms with Gasteiger partial charge in [0.25, 0.3) is 0 Å².